The molecule has 0 radical (unpaired) electrons. The van der Waals surface area contributed by atoms with Crippen molar-refractivity contribution in [1.82, 2.24) is 0 Å². The van der Waals surface area contributed by atoms with E-state index in [2.05, 4.69) is 5.32 Å². The molecule has 0 aromatic heterocycles. The summed E-state index contributed by atoms with van der Waals surface area (Å²) in [6.07, 6.45) is 0. The van der Waals surface area contributed by atoms with Crippen molar-refractivity contribution in [2.24, 2.45) is 5.73 Å². The van der Waals surface area contributed by atoms with Gasteiger partial charge in [-0.1, -0.05) is 17.7 Å². The Kier molecular flexibility index (Phi) is 4.82. The molecule has 1 atom stereocenters. The molecule has 0 saturated carbocycles. The van der Waals surface area contributed by atoms with E-state index in [4.69, 9.17) is 22.1 Å². The Balaban J connectivity index is 2.24. The van der Waals surface area contributed by atoms with Gasteiger partial charge in [-0.25, -0.2) is 4.39 Å². The van der Waals surface area contributed by atoms with Gasteiger partial charge in [0.15, 0.2) is 0 Å². The fourth-order valence-corrected chi connectivity index (χ4v) is 2.28. The van der Waals surface area contributed by atoms with E-state index in [0.717, 1.165) is 11.4 Å². The molecule has 0 amide bonds. The van der Waals surface area contributed by atoms with Gasteiger partial charge in [0.05, 0.1) is 13.2 Å². The molecule has 0 aliphatic heterocycles. The van der Waals surface area contributed by atoms with Gasteiger partial charge in [-0.15, -0.1) is 0 Å². The van der Waals surface area contributed by atoms with Crippen molar-refractivity contribution in [3.8, 4) is 5.75 Å². The largest absolute Gasteiger partial charge is 0.497 e. The molecular weight excluding hydrogens is 279 g/mol. The summed E-state index contributed by atoms with van der Waals surface area (Å²) in [6.45, 7) is 0.229. The summed E-state index contributed by atoms with van der Waals surface area (Å²) < 4.78 is 19.0. The fraction of sp³-hybridized carbons (Fsp3) is 0.200. The van der Waals surface area contributed by atoms with Crippen molar-refractivity contribution < 1.29 is 9.13 Å². The van der Waals surface area contributed by atoms with Crippen molar-refractivity contribution >= 4 is 17.3 Å². The number of ether oxygens (including phenoxy) is 1. The average Bonchev–Trinajstić information content (AvgIpc) is 2.46. The Bertz CT molecular complexity index is 554. The number of nitrogens with two attached hydrogens (primary N) is 1. The minimum atomic E-state index is -0.392. The number of benzene rings is 2. The second kappa shape index (κ2) is 6.59. The first-order valence-corrected chi connectivity index (χ1v) is 6.58. The maximum atomic E-state index is 13.9. The zero-order chi connectivity index (χ0) is 14.5. The van der Waals surface area contributed by atoms with Gasteiger partial charge >= 0.3 is 0 Å². The third kappa shape index (κ3) is 3.21. The van der Waals surface area contributed by atoms with Crippen LogP contribution in [0.15, 0.2) is 42.5 Å². The molecule has 0 saturated heterocycles. The number of anilines is 1. The lowest BCUT2D eigenvalue weighted by atomic mass is 10.1. The molecule has 1 unspecified atom stereocenters. The molecule has 2 aromatic carbocycles. The van der Waals surface area contributed by atoms with E-state index >= 15 is 0 Å². The van der Waals surface area contributed by atoms with Crippen molar-refractivity contribution in [2.75, 3.05) is 19.0 Å². The minimum absolute atomic E-state index is 0.229. The number of hydrogen-bond acceptors (Lipinski definition) is 3. The van der Waals surface area contributed by atoms with Crippen LogP contribution in [0.25, 0.3) is 0 Å². The highest BCUT2D eigenvalue weighted by Crippen LogP contribution is 2.28. The van der Waals surface area contributed by atoms with Crippen molar-refractivity contribution in [1.29, 1.82) is 0 Å². The molecule has 20 heavy (non-hydrogen) atoms. The summed E-state index contributed by atoms with van der Waals surface area (Å²) in [6, 6.07) is 11.5. The van der Waals surface area contributed by atoms with Gasteiger partial charge in [0.1, 0.15) is 11.6 Å². The minimum Gasteiger partial charge on any atom is -0.497 e. The molecule has 106 valence electrons. The van der Waals surface area contributed by atoms with Gasteiger partial charge in [-0.2, -0.15) is 0 Å². The first-order valence-electron chi connectivity index (χ1n) is 6.20. The first kappa shape index (κ1) is 14.6. The van der Waals surface area contributed by atoms with E-state index in [0.29, 0.717) is 10.6 Å². The molecule has 0 spiro atoms. The Morgan fingerprint density at radius 3 is 2.50 bits per heavy atom. The maximum Gasteiger partial charge on any atom is 0.130 e. The zero-order valence-electron chi connectivity index (χ0n) is 11.1. The predicted molar refractivity (Wildman–Crippen MR) is 79.8 cm³/mol. The summed E-state index contributed by atoms with van der Waals surface area (Å²) in [4.78, 5) is 0. The number of methoxy groups -OCH3 is 1. The van der Waals surface area contributed by atoms with Crippen LogP contribution in [-0.4, -0.2) is 13.7 Å². The second-order valence-electron chi connectivity index (χ2n) is 4.30. The van der Waals surface area contributed by atoms with E-state index in [1.54, 1.807) is 19.2 Å². The van der Waals surface area contributed by atoms with Crippen molar-refractivity contribution in [2.45, 2.75) is 6.04 Å². The molecule has 3 N–H and O–H groups in total. The second-order valence-corrected chi connectivity index (χ2v) is 4.70. The van der Waals surface area contributed by atoms with Crippen LogP contribution in [-0.2, 0) is 0 Å². The topological polar surface area (TPSA) is 47.3 Å². The third-order valence-electron chi connectivity index (χ3n) is 3.01. The number of hydrogen-bond donors (Lipinski definition) is 2. The van der Waals surface area contributed by atoms with E-state index in [-0.39, 0.29) is 12.4 Å². The Morgan fingerprint density at radius 1 is 1.25 bits per heavy atom. The summed E-state index contributed by atoms with van der Waals surface area (Å²) >= 11 is 6.06. The van der Waals surface area contributed by atoms with Crippen molar-refractivity contribution in [3.63, 3.8) is 0 Å². The number of rotatable bonds is 5. The SMILES string of the molecule is COc1ccc(NC(CN)c2c(F)cccc2Cl)cc1. The standard InChI is InChI=1S/C15H16ClFN2O/c1-20-11-7-5-10(6-8-11)19-14(9-18)15-12(16)3-2-4-13(15)17/h2-8,14,19H,9,18H2,1H3. The third-order valence-corrected chi connectivity index (χ3v) is 3.34. The molecule has 2 rings (SSSR count). The van der Waals surface area contributed by atoms with Crippen LogP contribution in [0, 0.1) is 5.82 Å². The summed E-state index contributed by atoms with van der Waals surface area (Å²) in [5.41, 5.74) is 6.94. The van der Waals surface area contributed by atoms with E-state index in [9.17, 15) is 4.39 Å². The maximum absolute atomic E-state index is 13.9. The molecule has 0 bridgehead atoms. The number of nitrogens with one attached hydrogen (secondary N) is 1. The Labute approximate surface area is 122 Å². The molecule has 0 fully saturated rings. The normalized spacial score (nSPS) is 12.0. The van der Waals surface area contributed by atoms with Gasteiger partial charge in [0, 0.05) is 22.8 Å². The lowest BCUT2D eigenvalue weighted by Gasteiger charge is -2.20. The van der Waals surface area contributed by atoms with Crippen LogP contribution in [0.4, 0.5) is 10.1 Å². The molecule has 0 aliphatic rings. The zero-order valence-corrected chi connectivity index (χ0v) is 11.8. The molecule has 2 aromatic rings. The highest BCUT2D eigenvalue weighted by Gasteiger charge is 2.17. The van der Waals surface area contributed by atoms with Crippen LogP contribution in [0.5, 0.6) is 5.75 Å². The molecule has 3 nitrogen and oxygen atoms in total. The van der Waals surface area contributed by atoms with Crippen LogP contribution in [0.2, 0.25) is 5.02 Å². The predicted octanol–water partition coefficient (Wildman–Crippen LogP) is 3.60. The van der Waals surface area contributed by atoms with Crippen LogP contribution in [0.1, 0.15) is 11.6 Å². The van der Waals surface area contributed by atoms with E-state index in [1.807, 2.05) is 24.3 Å². The van der Waals surface area contributed by atoms with Crippen LogP contribution in [0.3, 0.4) is 0 Å². The van der Waals surface area contributed by atoms with Crippen LogP contribution >= 0.6 is 11.6 Å². The van der Waals surface area contributed by atoms with Crippen LogP contribution < -0.4 is 15.8 Å². The van der Waals surface area contributed by atoms with Gasteiger partial charge in [-0.3, -0.25) is 0 Å². The van der Waals surface area contributed by atoms with E-state index in [1.165, 1.54) is 6.07 Å². The Hall–Kier alpha value is -1.78. The first-order chi connectivity index (χ1) is 9.65. The summed E-state index contributed by atoms with van der Waals surface area (Å²) in [5.74, 6) is 0.387. The fourth-order valence-electron chi connectivity index (χ4n) is 1.98. The number of halogens is 2. The highest BCUT2D eigenvalue weighted by molar-refractivity contribution is 6.31. The Morgan fingerprint density at radius 2 is 1.95 bits per heavy atom. The molecule has 5 heteroatoms. The van der Waals surface area contributed by atoms with Crippen molar-refractivity contribution in [3.05, 3.63) is 58.9 Å². The van der Waals surface area contributed by atoms with Gasteiger partial charge in [0.25, 0.3) is 0 Å². The molecular formula is C15H16ClFN2O. The summed E-state index contributed by atoms with van der Waals surface area (Å²) in [5, 5.41) is 3.54. The van der Waals surface area contributed by atoms with Gasteiger partial charge in [0.2, 0.25) is 0 Å². The molecule has 0 aliphatic carbocycles. The highest BCUT2D eigenvalue weighted by atomic mass is 35.5. The average molecular weight is 295 g/mol. The summed E-state index contributed by atoms with van der Waals surface area (Å²) in [7, 11) is 1.60. The monoisotopic (exact) mass is 294 g/mol. The lowest BCUT2D eigenvalue weighted by molar-refractivity contribution is 0.415. The van der Waals surface area contributed by atoms with Gasteiger partial charge in [-0.05, 0) is 36.4 Å². The van der Waals surface area contributed by atoms with Gasteiger partial charge < -0.3 is 15.8 Å². The van der Waals surface area contributed by atoms with E-state index < -0.39 is 6.04 Å². The lowest BCUT2D eigenvalue weighted by Crippen LogP contribution is -2.22. The smallest absolute Gasteiger partial charge is 0.130 e. The quantitative estimate of drug-likeness (QED) is 0.886. The molecule has 0 heterocycles.